The number of fused-ring (bicyclic) bond motifs is 1. The number of aromatic nitrogens is 4. The maximum atomic E-state index is 10.1. The molecule has 9 heteroatoms. The zero-order valence-corrected chi connectivity index (χ0v) is 12.3. The maximum absolute atomic E-state index is 10.1. The summed E-state index contributed by atoms with van der Waals surface area (Å²) in [5, 5.41) is 32.3. The third kappa shape index (κ3) is 2.41. The number of imidazole rings is 1. The highest BCUT2D eigenvalue weighted by atomic mass is 16.6. The summed E-state index contributed by atoms with van der Waals surface area (Å²) >= 11 is 0. The predicted molar refractivity (Wildman–Crippen MR) is 77.1 cm³/mol. The molecule has 4 atom stereocenters. The number of rotatable bonds is 4. The van der Waals surface area contributed by atoms with E-state index in [1.54, 1.807) is 0 Å². The van der Waals surface area contributed by atoms with Crippen molar-refractivity contribution < 1.29 is 20.1 Å². The summed E-state index contributed by atoms with van der Waals surface area (Å²) in [7, 11) is 0. The van der Waals surface area contributed by atoms with Gasteiger partial charge in [-0.05, 0) is 13.8 Å². The van der Waals surface area contributed by atoms with Gasteiger partial charge in [0.25, 0.3) is 0 Å². The van der Waals surface area contributed by atoms with Crippen LogP contribution >= 0.6 is 0 Å². The minimum atomic E-state index is -1.17. The Bertz CT molecular complexity index is 661. The van der Waals surface area contributed by atoms with Crippen molar-refractivity contribution in [2.45, 2.75) is 44.4 Å². The van der Waals surface area contributed by atoms with Crippen LogP contribution in [0.3, 0.4) is 0 Å². The van der Waals surface area contributed by atoms with Crippen molar-refractivity contribution in [1.82, 2.24) is 19.5 Å². The second-order valence-electron chi connectivity index (χ2n) is 5.57. The van der Waals surface area contributed by atoms with Gasteiger partial charge in [0.05, 0.1) is 12.9 Å². The van der Waals surface area contributed by atoms with E-state index in [4.69, 9.17) is 9.84 Å². The zero-order chi connectivity index (χ0) is 15.9. The van der Waals surface area contributed by atoms with Gasteiger partial charge in [0, 0.05) is 6.04 Å². The lowest BCUT2D eigenvalue weighted by molar-refractivity contribution is -0.0511. The fraction of sp³-hybridized carbons (Fsp3) is 0.615. The van der Waals surface area contributed by atoms with Gasteiger partial charge in [0.1, 0.15) is 24.6 Å². The molecule has 1 aliphatic rings. The molecule has 120 valence electrons. The van der Waals surface area contributed by atoms with Crippen molar-refractivity contribution in [3.63, 3.8) is 0 Å². The van der Waals surface area contributed by atoms with E-state index in [9.17, 15) is 10.2 Å². The summed E-state index contributed by atoms with van der Waals surface area (Å²) in [4.78, 5) is 12.6. The Morgan fingerprint density at radius 3 is 2.68 bits per heavy atom. The highest BCUT2D eigenvalue weighted by Gasteiger charge is 2.44. The first-order valence-electron chi connectivity index (χ1n) is 7.09. The second kappa shape index (κ2) is 5.76. The monoisotopic (exact) mass is 309 g/mol. The van der Waals surface area contributed by atoms with Crippen LogP contribution in [0.1, 0.15) is 20.1 Å². The largest absolute Gasteiger partial charge is 0.394 e. The van der Waals surface area contributed by atoms with Gasteiger partial charge >= 0.3 is 0 Å². The molecule has 4 N–H and O–H groups in total. The number of aliphatic hydroxyl groups is 3. The number of hydrogen-bond donors (Lipinski definition) is 4. The Balaban J connectivity index is 1.99. The SMILES string of the molecule is CC(C)Nc1ncnc2c1ncn2[C@@H]1O[C@H](CO)[C@H](O)C1O. The van der Waals surface area contributed by atoms with Crippen molar-refractivity contribution >= 4 is 17.0 Å². The lowest BCUT2D eigenvalue weighted by Gasteiger charge is -2.16. The van der Waals surface area contributed by atoms with E-state index in [2.05, 4.69) is 20.3 Å². The molecule has 1 unspecified atom stereocenters. The van der Waals surface area contributed by atoms with Crippen LogP contribution in [0, 0.1) is 0 Å². The maximum Gasteiger partial charge on any atom is 0.167 e. The van der Waals surface area contributed by atoms with Crippen molar-refractivity contribution in [2.24, 2.45) is 0 Å². The molecule has 1 aliphatic heterocycles. The molecule has 9 nitrogen and oxygen atoms in total. The fourth-order valence-corrected chi connectivity index (χ4v) is 2.53. The molecule has 0 saturated carbocycles. The van der Waals surface area contributed by atoms with E-state index >= 15 is 0 Å². The van der Waals surface area contributed by atoms with E-state index in [1.807, 2.05) is 13.8 Å². The van der Waals surface area contributed by atoms with Gasteiger partial charge in [-0.15, -0.1) is 0 Å². The summed E-state index contributed by atoms with van der Waals surface area (Å²) in [5.41, 5.74) is 1.03. The number of hydrogen-bond acceptors (Lipinski definition) is 8. The Morgan fingerprint density at radius 2 is 2.05 bits per heavy atom. The van der Waals surface area contributed by atoms with Crippen LogP contribution in [0.5, 0.6) is 0 Å². The minimum absolute atomic E-state index is 0.178. The van der Waals surface area contributed by atoms with Crippen LogP contribution in [0.2, 0.25) is 0 Å². The topological polar surface area (TPSA) is 126 Å². The molecule has 0 radical (unpaired) electrons. The van der Waals surface area contributed by atoms with Gasteiger partial charge < -0.3 is 25.4 Å². The van der Waals surface area contributed by atoms with Gasteiger partial charge in [-0.3, -0.25) is 4.57 Å². The van der Waals surface area contributed by atoms with E-state index < -0.39 is 24.5 Å². The molecule has 2 aromatic rings. The van der Waals surface area contributed by atoms with Crippen LogP contribution in [0.4, 0.5) is 5.82 Å². The van der Waals surface area contributed by atoms with Gasteiger partial charge in [0.2, 0.25) is 0 Å². The standard InChI is InChI=1S/C13H19N5O4/c1-6(2)17-11-8-12(15-4-14-11)18(5-16-8)13-10(21)9(20)7(3-19)22-13/h4-7,9-10,13,19-21H,3H2,1-2H3,(H,14,15,17)/t7-,9+,10?,13-/m1/s1. The average Bonchev–Trinajstić information content (AvgIpc) is 3.02. The van der Waals surface area contributed by atoms with Gasteiger partial charge in [-0.2, -0.15) is 0 Å². The molecule has 0 amide bonds. The average molecular weight is 309 g/mol. The number of nitrogens with zero attached hydrogens (tertiary/aromatic N) is 4. The predicted octanol–water partition coefficient (Wildman–Crippen LogP) is -0.742. The van der Waals surface area contributed by atoms with Crippen LogP contribution in [0.25, 0.3) is 11.2 Å². The summed E-state index contributed by atoms with van der Waals surface area (Å²) in [6, 6.07) is 0.178. The fourth-order valence-electron chi connectivity index (χ4n) is 2.53. The number of nitrogens with one attached hydrogen (secondary N) is 1. The summed E-state index contributed by atoms with van der Waals surface area (Å²) < 4.78 is 7.03. The second-order valence-corrected chi connectivity index (χ2v) is 5.57. The summed E-state index contributed by atoms with van der Waals surface area (Å²) in [6.45, 7) is 3.59. The molecule has 1 fully saturated rings. The lowest BCUT2D eigenvalue weighted by Crippen LogP contribution is -2.33. The third-order valence-electron chi connectivity index (χ3n) is 3.58. The number of anilines is 1. The van der Waals surface area contributed by atoms with Crippen LogP contribution < -0.4 is 5.32 Å². The molecule has 2 aromatic heterocycles. The number of ether oxygens (including phenoxy) is 1. The van der Waals surface area contributed by atoms with E-state index in [1.165, 1.54) is 17.2 Å². The quantitative estimate of drug-likeness (QED) is 0.582. The molecule has 3 rings (SSSR count). The minimum Gasteiger partial charge on any atom is -0.394 e. The summed E-state index contributed by atoms with van der Waals surface area (Å²) in [6.07, 6.45) is -1.17. The molecular weight excluding hydrogens is 290 g/mol. The van der Waals surface area contributed by atoms with Crippen molar-refractivity contribution in [3.05, 3.63) is 12.7 Å². The highest BCUT2D eigenvalue weighted by Crippen LogP contribution is 2.32. The number of aliphatic hydroxyl groups excluding tert-OH is 3. The lowest BCUT2D eigenvalue weighted by atomic mass is 10.1. The van der Waals surface area contributed by atoms with E-state index in [-0.39, 0.29) is 12.6 Å². The van der Waals surface area contributed by atoms with Crippen molar-refractivity contribution in [3.8, 4) is 0 Å². The van der Waals surface area contributed by atoms with Gasteiger partial charge in [0.15, 0.2) is 23.2 Å². The molecule has 0 bridgehead atoms. The normalized spacial score (nSPS) is 28.6. The van der Waals surface area contributed by atoms with E-state index in [0.717, 1.165) is 0 Å². The molecule has 3 heterocycles. The highest BCUT2D eigenvalue weighted by molar-refractivity contribution is 5.82. The Kier molecular flexibility index (Phi) is 3.96. The van der Waals surface area contributed by atoms with Crippen LogP contribution in [0.15, 0.2) is 12.7 Å². The molecule has 22 heavy (non-hydrogen) atoms. The van der Waals surface area contributed by atoms with Gasteiger partial charge in [-0.1, -0.05) is 0 Å². The third-order valence-corrected chi connectivity index (χ3v) is 3.58. The van der Waals surface area contributed by atoms with E-state index in [0.29, 0.717) is 17.0 Å². The smallest absolute Gasteiger partial charge is 0.167 e. The van der Waals surface area contributed by atoms with Crippen molar-refractivity contribution in [2.75, 3.05) is 11.9 Å². The first-order chi connectivity index (χ1) is 10.5. The van der Waals surface area contributed by atoms with Crippen LogP contribution in [-0.2, 0) is 4.74 Å². The summed E-state index contributed by atoms with van der Waals surface area (Å²) in [5.74, 6) is 0.588. The van der Waals surface area contributed by atoms with Gasteiger partial charge in [-0.25, -0.2) is 15.0 Å². The molecule has 1 saturated heterocycles. The zero-order valence-electron chi connectivity index (χ0n) is 12.3. The van der Waals surface area contributed by atoms with Crippen molar-refractivity contribution in [1.29, 1.82) is 0 Å². The first kappa shape index (κ1) is 15.1. The first-order valence-corrected chi connectivity index (χ1v) is 7.09. The molecular formula is C13H19N5O4. The molecule has 0 spiro atoms. The Labute approximate surface area is 126 Å². The Morgan fingerprint density at radius 1 is 1.27 bits per heavy atom. The Hall–Kier alpha value is -1.81. The molecule has 0 aliphatic carbocycles. The molecule has 0 aromatic carbocycles. The van der Waals surface area contributed by atoms with Crippen LogP contribution in [-0.4, -0.2) is 65.8 Å².